The maximum Gasteiger partial charge on any atom is 0.243 e. The van der Waals surface area contributed by atoms with Crippen LogP contribution in [0, 0.1) is 19.8 Å². The number of carbonyl (C=O) groups excluding carboxylic acids is 2. The van der Waals surface area contributed by atoms with Crippen molar-refractivity contribution in [1.29, 1.82) is 0 Å². The van der Waals surface area contributed by atoms with Crippen molar-refractivity contribution < 1.29 is 18.0 Å². The second-order valence-corrected chi connectivity index (χ2v) is 10.6. The standard InChI is InChI=1S/C25H33N3O4S/c1-5-13-27(14-6-2)33(31,32)22-11-9-21(10-12-22)26-25(30)20-16-24(29)28(17-20)23-15-18(3)7-8-19(23)4/h7-12,15,20H,5-6,13-14,16-17H2,1-4H3,(H,26,30). The molecule has 2 amide bonds. The van der Waals surface area contributed by atoms with Gasteiger partial charge in [0.05, 0.1) is 10.8 Å². The van der Waals surface area contributed by atoms with Gasteiger partial charge in [0.15, 0.2) is 0 Å². The summed E-state index contributed by atoms with van der Waals surface area (Å²) in [5.74, 6) is -0.784. The molecule has 0 saturated carbocycles. The first-order valence-corrected chi connectivity index (χ1v) is 12.9. The van der Waals surface area contributed by atoms with Crippen molar-refractivity contribution in [1.82, 2.24) is 4.31 Å². The van der Waals surface area contributed by atoms with Crippen molar-refractivity contribution in [3.8, 4) is 0 Å². The number of anilines is 2. The van der Waals surface area contributed by atoms with E-state index in [0.717, 1.165) is 29.7 Å². The van der Waals surface area contributed by atoms with E-state index >= 15 is 0 Å². The Labute approximate surface area is 196 Å². The van der Waals surface area contributed by atoms with Crippen LogP contribution in [0.3, 0.4) is 0 Å². The molecule has 0 bridgehead atoms. The molecule has 1 aliphatic rings. The van der Waals surface area contributed by atoms with E-state index < -0.39 is 15.9 Å². The largest absolute Gasteiger partial charge is 0.326 e. The quantitative estimate of drug-likeness (QED) is 0.596. The van der Waals surface area contributed by atoms with Crippen molar-refractivity contribution in [2.45, 2.75) is 51.9 Å². The lowest BCUT2D eigenvalue weighted by Crippen LogP contribution is -2.32. The van der Waals surface area contributed by atoms with E-state index in [2.05, 4.69) is 5.32 Å². The Morgan fingerprint density at radius 1 is 1.06 bits per heavy atom. The van der Waals surface area contributed by atoms with Gasteiger partial charge in [-0.05, 0) is 68.1 Å². The summed E-state index contributed by atoms with van der Waals surface area (Å²) in [6.45, 7) is 9.10. The van der Waals surface area contributed by atoms with E-state index in [1.807, 2.05) is 45.9 Å². The third-order valence-corrected chi connectivity index (χ3v) is 7.77. The number of carbonyl (C=O) groups is 2. The van der Waals surface area contributed by atoms with Gasteiger partial charge in [-0.1, -0.05) is 26.0 Å². The van der Waals surface area contributed by atoms with Crippen molar-refractivity contribution >= 4 is 33.2 Å². The molecular formula is C25H33N3O4S. The number of aryl methyl sites for hydroxylation is 2. The number of nitrogens with one attached hydrogen (secondary N) is 1. The van der Waals surface area contributed by atoms with Crippen LogP contribution in [0.1, 0.15) is 44.2 Å². The fourth-order valence-electron chi connectivity index (χ4n) is 4.08. The van der Waals surface area contributed by atoms with Gasteiger partial charge in [-0.2, -0.15) is 4.31 Å². The van der Waals surface area contributed by atoms with Crippen molar-refractivity contribution in [3.05, 3.63) is 53.6 Å². The zero-order chi connectivity index (χ0) is 24.2. The fraction of sp³-hybridized carbons (Fsp3) is 0.440. The Hall–Kier alpha value is -2.71. The molecule has 2 aromatic carbocycles. The predicted octanol–water partition coefficient (Wildman–Crippen LogP) is 4.11. The van der Waals surface area contributed by atoms with Gasteiger partial charge in [0, 0.05) is 37.4 Å². The second-order valence-electron chi connectivity index (χ2n) is 8.61. The highest BCUT2D eigenvalue weighted by Crippen LogP contribution is 2.29. The van der Waals surface area contributed by atoms with Gasteiger partial charge in [0.1, 0.15) is 0 Å². The van der Waals surface area contributed by atoms with Gasteiger partial charge in [-0.15, -0.1) is 0 Å². The Balaban J connectivity index is 1.69. The summed E-state index contributed by atoms with van der Waals surface area (Å²) >= 11 is 0. The topological polar surface area (TPSA) is 86.8 Å². The second kappa shape index (κ2) is 10.5. The Bertz CT molecular complexity index is 1110. The van der Waals surface area contributed by atoms with E-state index in [0.29, 0.717) is 25.3 Å². The SMILES string of the molecule is CCCN(CCC)S(=O)(=O)c1ccc(NC(=O)C2CC(=O)N(c3cc(C)ccc3C)C2)cc1. The molecule has 178 valence electrons. The number of benzene rings is 2. The normalized spacial score (nSPS) is 16.5. The highest BCUT2D eigenvalue weighted by atomic mass is 32.2. The Morgan fingerprint density at radius 2 is 1.70 bits per heavy atom. The molecular weight excluding hydrogens is 438 g/mol. The molecule has 0 aliphatic carbocycles. The molecule has 8 heteroatoms. The maximum atomic E-state index is 12.9. The first-order valence-electron chi connectivity index (χ1n) is 11.5. The molecule has 1 heterocycles. The highest BCUT2D eigenvalue weighted by Gasteiger charge is 2.35. The summed E-state index contributed by atoms with van der Waals surface area (Å²) in [4.78, 5) is 27.3. The maximum absolute atomic E-state index is 12.9. The van der Waals surface area contributed by atoms with Crippen LogP contribution in [0.5, 0.6) is 0 Å². The average Bonchev–Trinajstić information content (AvgIpc) is 3.17. The van der Waals surface area contributed by atoms with Crippen LogP contribution in [0.2, 0.25) is 0 Å². The number of nitrogens with zero attached hydrogens (tertiary/aromatic N) is 2. The van der Waals surface area contributed by atoms with Crippen LogP contribution >= 0.6 is 0 Å². The lowest BCUT2D eigenvalue weighted by molar-refractivity contribution is -0.122. The van der Waals surface area contributed by atoms with E-state index in [9.17, 15) is 18.0 Å². The summed E-state index contributed by atoms with van der Waals surface area (Å²) in [5, 5.41) is 2.83. The fourth-order valence-corrected chi connectivity index (χ4v) is 5.70. The first kappa shape index (κ1) is 24.9. The molecule has 1 N–H and O–H groups in total. The van der Waals surface area contributed by atoms with Gasteiger partial charge in [0.2, 0.25) is 21.8 Å². The Morgan fingerprint density at radius 3 is 2.30 bits per heavy atom. The lowest BCUT2D eigenvalue weighted by atomic mass is 10.1. The molecule has 1 unspecified atom stereocenters. The molecule has 1 fully saturated rings. The third kappa shape index (κ3) is 5.62. The van der Waals surface area contributed by atoms with Crippen LogP contribution in [-0.4, -0.2) is 44.2 Å². The smallest absolute Gasteiger partial charge is 0.243 e. The Kier molecular flexibility index (Phi) is 7.92. The van der Waals surface area contributed by atoms with Crippen molar-refractivity contribution in [3.63, 3.8) is 0 Å². The average molecular weight is 472 g/mol. The molecule has 0 aromatic heterocycles. The molecule has 0 radical (unpaired) electrons. The number of sulfonamides is 1. The minimum absolute atomic E-state index is 0.0720. The molecule has 33 heavy (non-hydrogen) atoms. The summed E-state index contributed by atoms with van der Waals surface area (Å²) in [6, 6.07) is 12.2. The number of rotatable bonds is 9. The van der Waals surface area contributed by atoms with Gasteiger partial charge < -0.3 is 10.2 Å². The van der Waals surface area contributed by atoms with Crippen molar-refractivity contribution in [2.75, 3.05) is 29.9 Å². The van der Waals surface area contributed by atoms with E-state index in [-0.39, 0.29) is 23.1 Å². The van der Waals surface area contributed by atoms with Gasteiger partial charge in [-0.25, -0.2) is 8.42 Å². The van der Waals surface area contributed by atoms with Crippen LogP contribution < -0.4 is 10.2 Å². The van der Waals surface area contributed by atoms with Crippen LogP contribution in [0.15, 0.2) is 47.4 Å². The zero-order valence-corrected chi connectivity index (χ0v) is 20.6. The summed E-state index contributed by atoms with van der Waals surface area (Å²) in [6.07, 6.45) is 1.63. The molecule has 2 aromatic rings. The molecule has 1 saturated heterocycles. The summed E-state index contributed by atoms with van der Waals surface area (Å²) < 4.78 is 27.3. The number of hydrogen-bond donors (Lipinski definition) is 1. The minimum atomic E-state index is -3.57. The number of amides is 2. The third-order valence-electron chi connectivity index (χ3n) is 5.86. The van der Waals surface area contributed by atoms with E-state index in [1.165, 1.54) is 16.4 Å². The monoisotopic (exact) mass is 471 g/mol. The first-order chi connectivity index (χ1) is 15.7. The summed E-state index contributed by atoms with van der Waals surface area (Å²) in [5.41, 5.74) is 3.40. The molecule has 1 aliphatic heterocycles. The molecule has 0 spiro atoms. The highest BCUT2D eigenvalue weighted by molar-refractivity contribution is 7.89. The van der Waals surface area contributed by atoms with Crippen LogP contribution in [0.4, 0.5) is 11.4 Å². The molecule has 1 atom stereocenters. The molecule has 3 rings (SSSR count). The van der Waals surface area contributed by atoms with E-state index in [1.54, 1.807) is 17.0 Å². The van der Waals surface area contributed by atoms with Crippen LogP contribution in [-0.2, 0) is 19.6 Å². The van der Waals surface area contributed by atoms with Crippen LogP contribution in [0.25, 0.3) is 0 Å². The number of hydrogen-bond acceptors (Lipinski definition) is 4. The predicted molar refractivity (Wildman–Crippen MR) is 131 cm³/mol. The van der Waals surface area contributed by atoms with Gasteiger partial charge in [-0.3, -0.25) is 9.59 Å². The zero-order valence-electron chi connectivity index (χ0n) is 19.8. The minimum Gasteiger partial charge on any atom is -0.326 e. The summed E-state index contributed by atoms with van der Waals surface area (Å²) in [7, 11) is -3.57. The van der Waals surface area contributed by atoms with Gasteiger partial charge in [0.25, 0.3) is 0 Å². The lowest BCUT2D eigenvalue weighted by Gasteiger charge is -2.21. The van der Waals surface area contributed by atoms with E-state index in [4.69, 9.17) is 0 Å². The van der Waals surface area contributed by atoms with Gasteiger partial charge >= 0.3 is 0 Å². The van der Waals surface area contributed by atoms with Crippen molar-refractivity contribution in [2.24, 2.45) is 5.92 Å². The molecule has 7 nitrogen and oxygen atoms in total.